The molecule has 9 nitrogen and oxygen atoms in total. The van der Waals surface area contributed by atoms with Gasteiger partial charge in [0.1, 0.15) is 18.0 Å². The number of ether oxygens (including phenoxy) is 5. The Morgan fingerprint density at radius 1 is 1.13 bits per heavy atom. The van der Waals surface area contributed by atoms with Crippen molar-refractivity contribution in [2.75, 3.05) is 21.2 Å². The van der Waals surface area contributed by atoms with Gasteiger partial charge in [0, 0.05) is 25.5 Å². The van der Waals surface area contributed by atoms with Gasteiger partial charge in [0.2, 0.25) is 0 Å². The van der Waals surface area contributed by atoms with Crippen molar-refractivity contribution in [2.45, 2.75) is 129 Å². The Labute approximate surface area is 234 Å². The molecule has 2 bridgehead atoms. The van der Waals surface area contributed by atoms with Crippen LogP contribution in [0.1, 0.15) is 74.7 Å². The number of esters is 1. The maximum absolute atomic E-state index is 13.3. The molecule has 0 amide bonds. The summed E-state index contributed by atoms with van der Waals surface area (Å²) in [6, 6.07) is -0.163. The Morgan fingerprint density at radius 2 is 1.77 bits per heavy atom. The van der Waals surface area contributed by atoms with E-state index >= 15 is 0 Å². The van der Waals surface area contributed by atoms with Gasteiger partial charge in [-0.2, -0.15) is 0 Å². The fourth-order valence-electron chi connectivity index (χ4n) is 6.55. The summed E-state index contributed by atoms with van der Waals surface area (Å²) in [5.74, 6) is -1.17. The third-order valence-electron chi connectivity index (χ3n) is 8.98. The van der Waals surface area contributed by atoms with E-state index < -0.39 is 59.7 Å². The predicted molar refractivity (Wildman–Crippen MR) is 148 cm³/mol. The Hall–Kier alpha value is -1.49. The van der Waals surface area contributed by atoms with Crippen molar-refractivity contribution >= 4 is 5.97 Å². The summed E-state index contributed by atoms with van der Waals surface area (Å²) in [6.07, 6.45) is -0.728. The molecule has 11 unspecified atom stereocenters. The lowest BCUT2D eigenvalue weighted by molar-refractivity contribution is -0.300. The number of carbonyl (C=O) groups is 1. The van der Waals surface area contributed by atoms with E-state index in [9.17, 15) is 15.0 Å². The van der Waals surface area contributed by atoms with Crippen molar-refractivity contribution in [3.63, 3.8) is 0 Å². The van der Waals surface area contributed by atoms with Gasteiger partial charge in [-0.15, -0.1) is 0 Å². The number of fused-ring (bicyclic) bond motifs is 2. The van der Waals surface area contributed by atoms with Gasteiger partial charge in [0.05, 0.1) is 29.8 Å². The van der Waals surface area contributed by atoms with E-state index in [1.54, 1.807) is 14.0 Å². The molecule has 0 aliphatic carbocycles. The van der Waals surface area contributed by atoms with Crippen LogP contribution >= 0.6 is 0 Å². The molecule has 39 heavy (non-hydrogen) atoms. The third kappa shape index (κ3) is 6.39. The number of allylic oxidation sites excluding steroid dienone is 1. The Morgan fingerprint density at radius 3 is 2.33 bits per heavy atom. The molecule has 3 aliphatic rings. The second kappa shape index (κ2) is 12.2. The zero-order chi connectivity index (χ0) is 29.4. The maximum Gasteiger partial charge on any atom is 0.311 e. The molecule has 2 N–H and O–H groups in total. The summed E-state index contributed by atoms with van der Waals surface area (Å²) in [4.78, 5) is 15.3. The molecule has 0 aromatic rings. The summed E-state index contributed by atoms with van der Waals surface area (Å²) < 4.78 is 31.3. The van der Waals surface area contributed by atoms with Crippen LogP contribution < -0.4 is 0 Å². The number of methoxy groups -OCH3 is 1. The van der Waals surface area contributed by atoms with Crippen LogP contribution in [0.15, 0.2) is 23.0 Å². The number of aliphatic hydroxyl groups excluding tert-OH is 2. The van der Waals surface area contributed by atoms with Gasteiger partial charge in [0.25, 0.3) is 0 Å². The number of likely N-dealkylation sites (N-methyl/N-ethyl adjacent to an activating group) is 1. The van der Waals surface area contributed by atoms with E-state index in [4.69, 9.17) is 23.7 Å². The highest BCUT2D eigenvalue weighted by atomic mass is 16.7. The number of nitrogens with zero attached hydrogens (tertiary/aromatic N) is 1. The number of aliphatic hydroxyl groups is 2. The first-order valence-electron chi connectivity index (χ1n) is 14.3. The van der Waals surface area contributed by atoms with Gasteiger partial charge in [-0.05, 0) is 85.7 Å². The Balaban J connectivity index is 2.10. The highest BCUT2D eigenvalue weighted by Crippen LogP contribution is 2.43. The summed E-state index contributed by atoms with van der Waals surface area (Å²) in [7, 11) is 5.46. The number of carbonyl (C=O) groups excluding carboxylic acids is 1. The molecule has 0 aromatic heterocycles. The molecular weight excluding hydrogens is 502 g/mol. The average molecular weight is 554 g/mol. The first kappa shape index (κ1) is 32.0. The minimum atomic E-state index is -1.10. The van der Waals surface area contributed by atoms with Crippen LogP contribution in [-0.2, 0) is 28.5 Å². The number of hydrogen-bond acceptors (Lipinski definition) is 9. The minimum Gasteiger partial charge on any atom is -0.479 e. The summed E-state index contributed by atoms with van der Waals surface area (Å²) in [6.45, 7) is 15.3. The molecule has 0 aromatic carbocycles. The molecule has 0 radical (unpaired) electrons. The molecule has 3 rings (SSSR count). The average Bonchev–Trinajstić information content (AvgIpc) is 3.19. The fraction of sp³-hybridized carbons (Fsp3) is 0.833. The first-order valence-corrected chi connectivity index (χ1v) is 14.3. The normalized spacial score (nSPS) is 44.2. The van der Waals surface area contributed by atoms with Gasteiger partial charge < -0.3 is 38.8 Å². The van der Waals surface area contributed by atoms with E-state index in [0.717, 1.165) is 16.9 Å². The van der Waals surface area contributed by atoms with E-state index in [1.807, 2.05) is 73.5 Å². The van der Waals surface area contributed by atoms with Crippen molar-refractivity contribution in [3.8, 4) is 0 Å². The molecule has 9 heteroatoms. The summed E-state index contributed by atoms with van der Waals surface area (Å²) in [5.41, 5.74) is 0.128. The molecular formula is C30H51NO8. The molecule has 11 atom stereocenters. The van der Waals surface area contributed by atoms with Crippen molar-refractivity contribution in [3.05, 3.63) is 23.0 Å². The number of cyclic esters (lactones) is 1. The molecule has 0 spiro atoms. The van der Waals surface area contributed by atoms with Crippen molar-refractivity contribution in [2.24, 2.45) is 11.8 Å². The van der Waals surface area contributed by atoms with E-state index in [2.05, 4.69) is 0 Å². The monoisotopic (exact) mass is 553 g/mol. The highest BCUT2D eigenvalue weighted by Gasteiger charge is 2.50. The molecule has 1 fully saturated rings. The van der Waals surface area contributed by atoms with Crippen molar-refractivity contribution in [1.82, 2.24) is 4.90 Å². The zero-order valence-electron chi connectivity index (χ0n) is 25.7. The third-order valence-corrected chi connectivity index (χ3v) is 8.98. The predicted octanol–water partition coefficient (Wildman–Crippen LogP) is 3.57. The highest BCUT2D eigenvalue weighted by molar-refractivity contribution is 5.73. The van der Waals surface area contributed by atoms with Gasteiger partial charge >= 0.3 is 5.97 Å². The molecule has 0 saturated carbocycles. The van der Waals surface area contributed by atoms with Crippen molar-refractivity contribution < 1.29 is 38.7 Å². The minimum absolute atomic E-state index is 0.143. The standard InChI is InChI=1S/C30H51NO8/c1-12-22-29(7)14-16(2)25(39-29)17(3)15-30(8,35-11)26(19(5)23(32)20(6)27(34)37-22)38-28-24(33)21(31(9)10)13-18(4)36-28/h14,18-24,26,28,32-33H,12-13,15H2,1-11H3. The number of rotatable bonds is 5. The van der Waals surface area contributed by atoms with Gasteiger partial charge in [-0.25, -0.2) is 0 Å². The molecule has 224 valence electrons. The Kier molecular flexibility index (Phi) is 9.99. The summed E-state index contributed by atoms with van der Waals surface area (Å²) >= 11 is 0. The smallest absolute Gasteiger partial charge is 0.311 e. The molecule has 1 saturated heterocycles. The van der Waals surface area contributed by atoms with Crippen LogP contribution in [0.5, 0.6) is 0 Å². The van der Waals surface area contributed by atoms with Crippen LogP contribution in [0.2, 0.25) is 0 Å². The lowest BCUT2D eigenvalue weighted by Crippen LogP contribution is -2.59. The van der Waals surface area contributed by atoms with Crippen LogP contribution in [0.4, 0.5) is 0 Å². The van der Waals surface area contributed by atoms with Gasteiger partial charge in [-0.3, -0.25) is 4.79 Å². The lowest BCUT2D eigenvalue weighted by Gasteiger charge is -2.47. The van der Waals surface area contributed by atoms with Crippen LogP contribution in [0.25, 0.3) is 0 Å². The van der Waals surface area contributed by atoms with E-state index in [0.29, 0.717) is 19.3 Å². The van der Waals surface area contributed by atoms with Crippen LogP contribution in [0, 0.1) is 11.8 Å². The molecule has 3 aliphatic heterocycles. The van der Waals surface area contributed by atoms with E-state index in [1.165, 1.54) is 0 Å². The van der Waals surface area contributed by atoms with E-state index in [-0.39, 0.29) is 12.1 Å². The summed E-state index contributed by atoms with van der Waals surface area (Å²) in [5, 5.41) is 22.8. The van der Waals surface area contributed by atoms with Crippen molar-refractivity contribution in [1.29, 1.82) is 0 Å². The fourth-order valence-corrected chi connectivity index (χ4v) is 6.55. The maximum atomic E-state index is 13.3. The molecule has 3 heterocycles. The van der Waals surface area contributed by atoms with Crippen LogP contribution in [-0.4, -0.2) is 96.3 Å². The van der Waals surface area contributed by atoms with Gasteiger partial charge in [0.15, 0.2) is 11.9 Å². The van der Waals surface area contributed by atoms with Gasteiger partial charge in [-0.1, -0.05) is 13.8 Å². The number of hydrogen-bond donors (Lipinski definition) is 2. The second-order valence-corrected chi connectivity index (χ2v) is 12.5. The largest absolute Gasteiger partial charge is 0.479 e. The second-order valence-electron chi connectivity index (χ2n) is 12.5. The lowest BCUT2D eigenvalue weighted by atomic mass is 9.78. The quantitative estimate of drug-likeness (QED) is 0.494. The first-order chi connectivity index (χ1) is 18.1. The SMILES string of the molecule is CCC1OC(=O)C(C)C(O)C(C)C(OC2OC(C)CC(N(C)C)C2O)C(C)(OC)CC(C)=C2OC1(C)C=C2C. The Bertz CT molecular complexity index is 949. The topological polar surface area (TPSA) is 107 Å². The van der Waals surface area contributed by atoms with Crippen LogP contribution in [0.3, 0.4) is 0 Å². The zero-order valence-corrected chi connectivity index (χ0v) is 25.7.